The number of likely N-dealkylation sites (tertiary alicyclic amines) is 1. The molecule has 3 aliphatic rings. The van der Waals surface area contributed by atoms with Crippen molar-refractivity contribution < 1.29 is 19.1 Å². The SMILES string of the molecule is CCC[C@]1(C2CCN(C(=O)c3cc(CC(C)C)[nH]n3)CC2)NC(=O)N(C[C@@H]2CCCO2)C1=O. The van der Waals surface area contributed by atoms with Crippen LogP contribution in [0.15, 0.2) is 6.07 Å². The number of aromatic nitrogens is 2. The molecular weight excluding hydrogens is 422 g/mol. The fraction of sp³-hybridized carbons (Fsp3) is 0.750. The van der Waals surface area contributed by atoms with E-state index in [0.717, 1.165) is 31.4 Å². The van der Waals surface area contributed by atoms with Gasteiger partial charge in [-0.1, -0.05) is 27.2 Å². The van der Waals surface area contributed by atoms with E-state index in [4.69, 9.17) is 4.74 Å². The topological polar surface area (TPSA) is 108 Å². The van der Waals surface area contributed by atoms with E-state index in [9.17, 15) is 14.4 Å². The summed E-state index contributed by atoms with van der Waals surface area (Å²) in [5.74, 6) is 0.285. The van der Waals surface area contributed by atoms with Gasteiger partial charge in [0.1, 0.15) is 11.2 Å². The molecule has 9 heteroatoms. The summed E-state index contributed by atoms with van der Waals surface area (Å²) in [6, 6.07) is 1.54. The lowest BCUT2D eigenvalue weighted by atomic mass is 9.74. The number of nitrogens with one attached hydrogen (secondary N) is 2. The van der Waals surface area contributed by atoms with Crippen LogP contribution in [0.4, 0.5) is 4.79 Å². The Labute approximate surface area is 195 Å². The van der Waals surface area contributed by atoms with Crippen molar-refractivity contribution in [2.24, 2.45) is 11.8 Å². The Kier molecular flexibility index (Phi) is 7.07. The third-order valence-electron chi connectivity index (χ3n) is 7.21. The number of nitrogens with zero attached hydrogens (tertiary/aromatic N) is 3. The van der Waals surface area contributed by atoms with E-state index in [-0.39, 0.29) is 29.9 Å². The highest BCUT2D eigenvalue weighted by Gasteiger charge is 2.55. The summed E-state index contributed by atoms with van der Waals surface area (Å²) in [5, 5.41) is 10.3. The molecule has 0 aliphatic carbocycles. The molecule has 4 amide bonds. The molecule has 2 N–H and O–H groups in total. The lowest BCUT2D eigenvalue weighted by Gasteiger charge is -2.40. The zero-order chi connectivity index (χ0) is 23.6. The van der Waals surface area contributed by atoms with Gasteiger partial charge in [0.25, 0.3) is 11.8 Å². The first-order chi connectivity index (χ1) is 15.8. The van der Waals surface area contributed by atoms with Crippen molar-refractivity contribution in [2.75, 3.05) is 26.2 Å². The minimum atomic E-state index is -0.879. The lowest BCUT2D eigenvalue weighted by molar-refractivity contribution is -0.135. The van der Waals surface area contributed by atoms with E-state index in [2.05, 4.69) is 29.4 Å². The Morgan fingerprint density at radius 3 is 2.67 bits per heavy atom. The summed E-state index contributed by atoms with van der Waals surface area (Å²) >= 11 is 0. The van der Waals surface area contributed by atoms with Crippen LogP contribution in [-0.4, -0.2) is 75.7 Å². The standard InChI is InChI=1S/C24H37N5O4/c1-4-9-24(22(31)29(23(32)25-24)15-19-6-5-12-33-19)17-7-10-28(11-8-17)21(30)20-14-18(26-27-20)13-16(2)3/h14,16-17,19H,4-13,15H2,1-3H3,(H,25,32)(H,26,27)/t19-,24+/m0/s1. The first-order valence-electron chi connectivity index (χ1n) is 12.4. The van der Waals surface area contributed by atoms with Crippen molar-refractivity contribution in [3.63, 3.8) is 0 Å². The zero-order valence-electron chi connectivity index (χ0n) is 20.1. The number of amides is 4. The summed E-state index contributed by atoms with van der Waals surface area (Å²) in [7, 11) is 0. The van der Waals surface area contributed by atoms with Crippen LogP contribution in [0.25, 0.3) is 0 Å². The Morgan fingerprint density at radius 2 is 2.03 bits per heavy atom. The lowest BCUT2D eigenvalue weighted by Crippen LogP contribution is -2.56. The van der Waals surface area contributed by atoms with Crippen molar-refractivity contribution in [3.05, 3.63) is 17.5 Å². The van der Waals surface area contributed by atoms with Crippen molar-refractivity contribution >= 4 is 17.8 Å². The van der Waals surface area contributed by atoms with Gasteiger partial charge in [-0.25, -0.2) is 4.79 Å². The summed E-state index contributed by atoms with van der Waals surface area (Å²) in [6.07, 6.45) is 5.39. The molecule has 1 aromatic rings. The van der Waals surface area contributed by atoms with Crippen molar-refractivity contribution in [1.29, 1.82) is 0 Å². The number of hydrogen-bond acceptors (Lipinski definition) is 5. The molecule has 2 atom stereocenters. The molecule has 0 bridgehead atoms. The van der Waals surface area contributed by atoms with Crippen LogP contribution in [0.5, 0.6) is 0 Å². The predicted molar refractivity (Wildman–Crippen MR) is 123 cm³/mol. The number of rotatable bonds is 8. The third-order valence-corrected chi connectivity index (χ3v) is 7.21. The molecule has 9 nitrogen and oxygen atoms in total. The number of piperidine rings is 1. The quantitative estimate of drug-likeness (QED) is 0.581. The Balaban J connectivity index is 1.41. The molecule has 4 rings (SSSR count). The Bertz CT molecular complexity index is 870. The van der Waals surface area contributed by atoms with Gasteiger partial charge in [0.2, 0.25) is 0 Å². The second-order valence-corrected chi connectivity index (χ2v) is 10.1. The molecule has 3 fully saturated rings. The van der Waals surface area contributed by atoms with Crippen molar-refractivity contribution in [3.8, 4) is 0 Å². The van der Waals surface area contributed by atoms with Gasteiger partial charge >= 0.3 is 6.03 Å². The van der Waals surface area contributed by atoms with Crippen LogP contribution >= 0.6 is 0 Å². The number of carbonyl (C=O) groups excluding carboxylic acids is 3. The van der Waals surface area contributed by atoms with Gasteiger partial charge in [-0.3, -0.25) is 19.6 Å². The number of carbonyl (C=O) groups is 3. The second-order valence-electron chi connectivity index (χ2n) is 10.1. The van der Waals surface area contributed by atoms with E-state index in [0.29, 0.717) is 57.1 Å². The zero-order valence-corrected chi connectivity index (χ0v) is 20.1. The number of H-pyrrole nitrogens is 1. The minimum Gasteiger partial charge on any atom is -0.376 e. The highest BCUT2D eigenvalue weighted by Crippen LogP contribution is 2.37. The predicted octanol–water partition coefficient (Wildman–Crippen LogP) is 2.73. The largest absolute Gasteiger partial charge is 0.376 e. The first-order valence-corrected chi connectivity index (χ1v) is 12.4. The fourth-order valence-electron chi connectivity index (χ4n) is 5.60. The van der Waals surface area contributed by atoms with E-state index in [1.165, 1.54) is 4.90 Å². The maximum atomic E-state index is 13.5. The molecule has 0 spiro atoms. The fourth-order valence-corrected chi connectivity index (χ4v) is 5.60. The van der Waals surface area contributed by atoms with Crippen molar-refractivity contribution in [1.82, 2.24) is 25.3 Å². The van der Waals surface area contributed by atoms with Crippen LogP contribution in [0.3, 0.4) is 0 Å². The van der Waals surface area contributed by atoms with Crippen LogP contribution in [0.2, 0.25) is 0 Å². The van der Waals surface area contributed by atoms with Crippen LogP contribution in [0.1, 0.15) is 75.5 Å². The third kappa shape index (κ3) is 4.78. The number of imide groups is 1. The Morgan fingerprint density at radius 1 is 1.27 bits per heavy atom. The van der Waals surface area contributed by atoms with Gasteiger partial charge in [-0.2, -0.15) is 5.10 Å². The Hall–Kier alpha value is -2.42. The van der Waals surface area contributed by atoms with Gasteiger partial charge in [0.15, 0.2) is 0 Å². The maximum Gasteiger partial charge on any atom is 0.325 e. The summed E-state index contributed by atoms with van der Waals surface area (Å²) < 4.78 is 5.66. The number of hydrogen-bond donors (Lipinski definition) is 2. The van der Waals surface area contributed by atoms with E-state index >= 15 is 0 Å². The molecule has 3 aliphatic heterocycles. The average molecular weight is 460 g/mol. The van der Waals surface area contributed by atoms with Gasteiger partial charge in [0, 0.05) is 25.4 Å². The molecule has 0 aromatic carbocycles. The molecule has 4 heterocycles. The minimum absolute atomic E-state index is 0.00290. The molecule has 33 heavy (non-hydrogen) atoms. The van der Waals surface area contributed by atoms with E-state index in [1.54, 1.807) is 0 Å². The molecule has 3 saturated heterocycles. The monoisotopic (exact) mass is 459 g/mol. The summed E-state index contributed by atoms with van der Waals surface area (Å²) in [4.78, 5) is 42.5. The van der Waals surface area contributed by atoms with E-state index < -0.39 is 5.54 Å². The average Bonchev–Trinajstić information content (AvgIpc) is 3.52. The van der Waals surface area contributed by atoms with Crippen LogP contribution in [-0.2, 0) is 16.0 Å². The van der Waals surface area contributed by atoms with Gasteiger partial charge in [-0.05, 0) is 56.4 Å². The van der Waals surface area contributed by atoms with Gasteiger partial charge < -0.3 is 15.0 Å². The second kappa shape index (κ2) is 9.83. The number of urea groups is 1. The molecule has 0 saturated carbocycles. The molecule has 1 aromatic heterocycles. The van der Waals surface area contributed by atoms with E-state index in [1.807, 2.05) is 17.9 Å². The first kappa shape index (κ1) is 23.7. The highest BCUT2D eigenvalue weighted by molar-refractivity contribution is 6.07. The highest BCUT2D eigenvalue weighted by atomic mass is 16.5. The van der Waals surface area contributed by atoms with Crippen molar-refractivity contribution in [2.45, 2.75) is 77.4 Å². The summed E-state index contributed by atoms with van der Waals surface area (Å²) in [5.41, 5.74) is 0.534. The summed E-state index contributed by atoms with van der Waals surface area (Å²) in [6.45, 7) is 8.41. The molecule has 182 valence electrons. The number of ether oxygens (including phenoxy) is 1. The van der Waals surface area contributed by atoms with Crippen LogP contribution in [0, 0.1) is 11.8 Å². The van der Waals surface area contributed by atoms with Gasteiger partial charge in [-0.15, -0.1) is 0 Å². The molecular formula is C24H37N5O4. The molecule has 0 radical (unpaired) electrons. The smallest absolute Gasteiger partial charge is 0.325 e. The van der Waals surface area contributed by atoms with Crippen LogP contribution < -0.4 is 5.32 Å². The normalized spacial score (nSPS) is 26.5. The molecule has 0 unspecified atom stereocenters. The number of aromatic amines is 1. The maximum absolute atomic E-state index is 13.5. The van der Waals surface area contributed by atoms with Gasteiger partial charge in [0.05, 0.1) is 12.6 Å².